The molecule has 0 saturated heterocycles. The second-order valence-electron chi connectivity index (χ2n) is 5.84. The Morgan fingerprint density at radius 3 is 2.65 bits per heavy atom. The molecule has 1 aromatic carbocycles. The molecule has 2 aromatic heterocycles. The van der Waals surface area contributed by atoms with Crippen molar-refractivity contribution < 1.29 is 4.79 Å². The lowest BCUT2D eigenvalue weighted by Gasteiger charge is -2.28. The van der Waals surface area contributed by atoms with Crippen LogP contribution in [0.15, 0.2) is 66.4 Å². The molecular formula is C18H15IN6O. The molecule has 1 atom stereocenters. The Kier molecular flexibility index (Phi) is 4.41. The Labute approximate surface area is 163 Å². The van der Waals surface area contributed by atoms with Gasteiger partial charge in [0.2, 0.25) is 5.95 Å². The molecule has 3 heterocycles. The van der Waals surface area contributed by atoms with Gasteiger partial charge in [0.1, 0.15) is 12.4 Å². The Balaban J connectivity index is 1.74. The van der Waals surface area contributed by atoms with Crippen molar-refractivity contribution >= 4 is 40.1 Å². The summed E-state index contributed by atoms with van der Waals surface area (Å²) in [6.07, 6.45) is 4.89. The molecule has 0 aliphatic carbocycles. The summed E-state index contributed by atoms with van der Waals surface area (Å²) in [5.74, 6) is 0.425. The van der Waals surface area contributed by atoms with Crippen molar-refractivity contribution in [2.45, 2.75) is 13.0 Å². The third-order valence-corrected chi connectivity index (χ3v) is 4.88. The summed E-state index contributed by atoms with van der Waals surface area (Å²) in [6, 6.07) is 11.1. The number of benzene rings is 1. The van der Waals surface area contributed by atoms with Gasteiger partial charge in [-0.25, -0.2) is 4.68 Å². The quantitative estimate of drug-likeness (QED) is 0.589. The Bertz CT molecular complexity index is 980. The molecule has 26 heavy (non-hydrogen) atoms. The fourth-order valence-corrected chi connectivity index (χ4v) is 3.33. The fraction of sp³-hybridized carbons (Fsp3) is 0.111. The van der Waals surface area contributed by atoms with E-state index in [0.717, 1.165) is 20.5 Å². The molecule has 4 rings (SSSR count). The van der Waals surface area contributed by atoms with Crippen LogP contribution in [0, 0.1) is 3.57 Å². The number of aromatic nitrogens is 4. The monoisotopic (exact) mass is 458 g/mol. The zero-order valence-electron chi connectivity index (χ0n) is 13.8. The normalized spacial score (nSPS) is 16.0. The molecular weight excluding hydrogens is 443 g/mol. The Morgan fingerprint density at radius 2 is 1.92 bits per heavy atom. The van der Waals surface area contributed by atoms with E-state index in [0.29, 0.717) is 11.5 Å². The first-order valence-corrected chi connectivity index (χ1v) is 9.05. The summed E-state index contributed by atoms with van der Waals surface area (Å²) < 4.78 is 2.82. The van der Waals surface area contributed by atoms with Gasteiger partial charge in [0.05, 0.1) is 5.57 Å². The number of anilines is 2. The molecule has 8 heteroatoms. The van der Waals surface area contributed by atoms with Crippen LogP contribution in [0.5, 0.6) is 0 Å². The predicted molar refractivity (Wildman–Crippen MR) is 107 cm³/mol. The maximum atomic E-state index is 13.1. The molecule has 0 unspecified atom stereocenters. The van der Waals surface area contributed by atoms with E-state index in [4.69, 9.17) is 0 Å². The molecule has 0 radical (unpaired) electrons. The smallest absolute Gasteiger partial charge is 0.255 e. The number of carbonyl (C=O) groups excluding carboxylic acids is 1. The predicted octanol–water partition coefficient (Wildman–Crippen LogP) is 3.21. The van der Waals surface area contributed by atoms with Crippen LogP contribution in [-0.2, 0) is 4.79 Å². The molecule has 130 valence electrons. The second-order valence-corrected chi connectivity index (χ2v) is 7.08. The van der Waals surface area contributed by atoms with E-state index >= 15 is 0 Å². The lowest BCUT2D eigenvalue weighted by Crippen LogP contribution is -2.31. The van der Waals surface area contributed by atoms with Gasteiger partial charge in [-0.2, -0.15) is 10.1 Å². The number of allylic oxidation sites excluding steroid dienone is 1. The van der Waals surface area contributed by atoms with Crippen molar-refractivity contribution in [2.75, 3.05) is 10.6 Å². The number of fused-ring (bicyclic) bond motifs is 1. The van der Waals surface area contributed by atoms with E-state index in [1.807, 2.05) is 43.3 Å². The lowest BCUT2D eigenvalue weighted by molar-refractivity contribution is -0.113. The fourth-order valence-electron chi connectivity index (χ4n) is 2.97. The third kappa shape index (κ3) is 3.07. The SMILES string of the molecule is CC1=C(C(=O)Nc2ccc(I)cc2)[C@@H](c2ccncc2)n2ncnc2N1. The maximum absolute atomic E-state index is 13.1. The molecule has 1 amide bonds. The van der Waals surface area contributed by atoms with Gasteiger partial charge in [-0.1, -0.05) is 0 Å². The second kappa shape index (κ2) is 6.87. The minimum absolute atomic E-state index is 0.181. The number of hydrogen-bond donors (Lipinski definition) is 2. The minimum atomic E-state index is -0.374. The third-order valence-electron chi connectivity index (χ3n) is 4.16. The summed E-state index contributed by atoms with van der Waals surface area (Å²) in [5.41, 5.74) is 3.00. The van der Waals surface area contributed by atoms with Crippen LogP contribution in [0.4, 0.5) is 11.6 Å². The summed E-state index contributed by atoms with van der Waals surface area (Å²) in [7, 11) is 0. The minimum Gasteiger partial charge on any atom is -0.328 e. The Hall–Kier alpha value is -2.75. The van der Waals surface area contributed by atoms with Crippen molar-refractivity contribution in [3.63, 3.8) is 0 Å². The van der Waals surface area contributed by atoms with Crippen LogP contribution in [0.25, 0.3) is 0 Å². The molecule has 0 bridgehead atoms. The van der Waals surface area contributed by atoms with E-state index in [1.54, 1.807) is 17.1 Å². The number of amides is 1. The molecule has 7 nitrogen and oxygen atoms in total. The van der Waals surface area contributed by atoms with E-state index < -0.39 is 0 Å². The van der Waals surface area contributed by atoms with Gasteiger partial charge in [0.15, 0.2) is 0 Å². The van der Waals surface area contributed by atoms with Crippen molar-refractivity contribution in [3.8, 4) is 0 Å². The summed E-state index contributed by atoms with van der Waals surface area (Å²) in [6.45, 7) is 1.87. The standard InChI is InChI=1S/C18H15IN6O/c1-11-15(17(26)24-14-4-2-13(19)3-5-14)16(12-6-8-20-9-7-12)25-18(23-11)21-10-22-25/h2-10,16H,1H3,(H,24,26)(H,21,22,23)/t16-/m1/s1. The van der Waals surface area contributed by atoms with E-state index in [9.17, 15) is 4.79 Å². The van der Waals surface area contributed by atoms with Crippen LogP contribution in [0.1, 0.15) is 18.5 Å². The van der Waals surface area contributed by atoms with Gasteiger partial charge in [-0.15, -0.1) is 0 Å². The summed E-state index contributed by atoms with van der Waals surface area (Å²) in [5, 5.41) is 10.4. The first-order chi connectivity index (χ1) is 12.6. The maximum Gasteiger partial charge on any atom is 0.255 e. The molecule has 0 saturated carbocycles. The number of nitrogens with zero attached hydrogens (tertiary/aromatic N) is 4. The summed E-state index contributed by atoms with van der Waals surface area (Å²) >= 11 is 2.23. The molecule has 1 aliphatic heterocycles. The summed E-state index contributed by atoms with van der Waals surface area (Å²) in [4.78, 5) is 21.4. The van der Waals surface area contributed by atoms with Crippen LogP contribution >= 0.6 is 22.6 Å². The average molecular weight is 458 g/mol. The molecule has 2 N–H and O–H groups in total. The molecule has 0 spiro atoms. The van der Waals surface area contributed by atoms with Crippen molar-refractivity contribution in [3.05, 3.63) is 75.5 Å². The Morgan fingerprint density at radius 1 is 1.19 bits per heavy atom. The highest BCUT2D eigenvalue weighted by atomic mass is 127. The van der Waals surface area contributed by atoms with Crippen molar-refractivity contribution in [1.29, 1.82) is 0 Å². The zero-order valence-corrected chi connectivity index (χ0v) is 16.0. The van der Waals surface area contributed by atoms with Crippen LogP contribution < -0.4 is 10.6 Å². The number of nitrogens with one attached hydrogen (secondary N) is 2. The number of carbonyl (C=O) groups is 1. The van der Waals surface area contributed by atoms with E-state index in [-0.39, 0.29) is 11.9 Å². The van der Waals surface area contributed by atoms with Gasteiger partial charge < -0.3 is 10.6 Å². The van der Waals surface area contributed by atoms with Crippen LogP contribution in [-0.4, -0.2) is 25.7 Å². The first kappa shape index (κ1) is 16.7. The van der Waals surface area contributed by atoms with Crippen LogP contribution in [0.2, 0.25) is 0 Å². The molecule has 1 aliphatic rings. The topological polar surface area (TPSA) is 84.7 Å². The number of hydrogen-bond acceptors (Lipinski definition) is 5. The lowest BCUT2D eigenvalue weighted by atomic mass is 9.96. The number of rotatable bonds is 3. The average Bonchev–Trinajstić information content (AvgIpc) is 3.11. The number of halogens is 1. The van der Waals surface area contributed by atoms with Crippen LogP contribution in [0.3, 0.4) is 0 Å². The number of pyridine rings is 1. The van der Waals surface area contributed by atoms with Gasteiger partial charge >= 0.3 is 0 Å². The highest BCUT2D eigenvalue weighted by Gasteiger charge is 2.33. The first-order valence-electron chi connectivity index (χ1n) is 7.97. The highest BCUT2D eigenvalue weighted by Crippen LogP contribution is 2.34. The van der Waals surface area contributed by atoms with Gasteiger partial charge in [-0.05, 0) is 71.5 Å². The van der Waals surface area contributed by atoms with Gasteiger partial charge in [0.25, 0.3) is 5.91 Å². The van der Waals surface area contributed by atoms with Gasteiger partial charge in [0, 0.05) is 27.3 Å². The van der Waals surface area contributed by atoms with E-state index in [2.05, 4.69) is 48.3 Å². The van der Waals surface area contributed by atoms with E-state index in [1.165, 1.54) is 6.33 Å². The molecule has 0 fully saturated rings. The highest BCUT2D eigenvalue weighted by molar-refractivity contribution is 14.1. The largest absolute Gasteiger partial charge is 0.328 e. The zero-order chi connectivity index (χ0) is 18.1. The van der Waals surface area contributed by atoms with Gasteiger partial charge in [-0.3, -0.25) is 9.78 Å². The van der Waals surface area contributed by atoms with Crippen molar-refractivity contribution in [1.82, 2.24) is 19.7 Å². The van der Waals surface area contributed by atoms with Crippen molar-refractivity contribution in [2.24, 2.45) is 0 Å². The molecule has 3 aromatic rings.